The van der Waals surface area contributed by atoms with Crippen molar-refractivity contribution in [2.45, 2.75) is 24.4 Å². The highest BCUT2D eigenvalue weighted by Crippen LogP contribution is 2.35. The predicted molar refractivity (Wildman–Crippen MR) is 95.2 cm³/mol. The van der Waals surface area contributed by atoms with Gasteiger partial charge in [-0.25, -0.2) is 0 Å². The average Bonchev–Trinajstić information content (AvgIpc) is 2.64. The first-order valence-corrected chi connectivity index (χ1v) is 8.89. The van der Waals surface area contributed by atoms with E-state index in [1.54, 1.807) is 11.9 Å². The van der Waals surface area contributed by atoms with Crippen LogP contribution < -0.4 is 5.32 Å². The predicted octanol–water partition coefficient (Wildman–Crippen LogP) is 0.623. The molecule has 1 atom stereocenters. The third-order valence-electron chi connectivity index (χ3n) is 5.44. The molecule has 25 heavy (non-hydrogen) atoms. The van der Waals surface area contributed by atoms with Gasteiger partial charge in [-0.3, -0.25) is 9.59 Å². The molecule has 2 saturated heterocycles. The molecule has 0 aromatic heterocycles. The van der Waals surface area contributed by atoms with Crippen LogP contribution in [-0.4, -0.2) is 74.6 Å². The number of morpholine rings is 1. The number of likely N-dealkylation sites (tertiary alicyclic amines) is 1. The van der Waals surface area contributed by atoms with Crippen LogP contribution in [0.1, 0.15) is 18.4 Å². The quantitative estimate of drug-likeness (QED) is 0.869. The van der Waals surface area contributed by atoms with Crippen molar-refractivity contribution in [3.63, 3.8) is 0 Å². The van der Waals surface area contributed by atoms with Gasteiger partial charge >= 0.3 is 0 Å². The molecule has 1 aromatic carbocycles. The first kappa shape index (κ1) is 17.9. The van der Waals surface area contributed by atoms with Crippen molar-refractivity contribution in [2.24, 2.45) is 0 Å². The SMILES string of the molecule is CN1CCC(C(=O)NC[C@@H]2CN(C)C(=O)CO2)(c2ccccc2)CC1. The van der Waals surface area contributed by atoms with E-state index in [1.807, 2.05) is 18.2 Å². The number of amides is 2. The Morgan fingerprint density at radius 1 is 1.24 bits per heavy atom. The van der Waals surface area contributed by atoms with Crippen molar-refractivity contribution in [1.82, 2.24) is 15.1 Å². The second-order valence-electron chi connectivity index (χ2n) is 7.17. The summed E-state index contributed by atoms with van der Waals surface area (Å²) in [6, 6.07) is 10.1. The standard InChI is InChI=1S/C19H27N3O3/c1-21-10-8-19(9-11-21,15-6-4-3-5-7-15)18(24)20-12-16-13-22(2)17(23)14-25-16/h3-7,16H,8-14H2,1-2H3,(H,20,24)/t16-/m1/s1. The van der Waals surface area contributed by atoms with E-state index in [2.05, 4.69) is 29.4 Å². The largest absolute Gasteiger partial charge is 0.365 e. The smallest absolute Gasteiger partial charge is 0.248 e. The summed E-state index contributed by atoms with van der Waals surface area (Å²) in [5.74, 6) is 0.0496. The van der Waals surface area contributed by atoms with Crippen molar-refractivity contribution in [2.75, 3.05) is 46.9 Å². The van der Waals surface area contributed by atoms with E-state index in [0.29, 0.717) is 13.1 Å². The zero-order chi connectivity index (χ0) is 17.9. The molecular weight excluding hydrogens is 318 g/mol. The van der Waals surface area contributed by atoms with Crippen LogP contribution in [-0.2, 0) is 19.7 Å². The molecule has 2 amide bonds. The molecule has 6 nitrogen and oxygen atoms in total. The van der Waals surface area contributed by atoms with Gasteiger partial charge in [0, 0.05) is 20.1 Å². The van der Waals surface area contributed by atoms with Gasteiger partial charge in [0.15, 0.2) is 0 Å². The number of hydrogen-bond acceptors (Lipinski definition) is 4. The molecule has 1 N–H and O–H groups in total. The van der Waals surface area contributed by atoms with Crippen LogP contribution in [0.2, 0.25) is 0 Å². The maximum Gasteiger partial charge on any atom is 0.248 e. The molecule has 6 heteroatoms. The first-order chi connectivity index (χ1) is 12.0. The lowest BCUT2D eigenvalue weighted by molar-refractivity contribution is -0.146. The third-order valence-corrected chi connectivity index (χ3v) is 5.44. The number of piperidine rings is 1. The zero-order valence-electron chi connectivity index (χ0n) is 15.0. The van der Waals surface area contributed by atoms with Crippen LogP contribution in [0.4, 0.5) is 0 Å². The highest BCUT2D eigenvalue weighted by molar-refractivity contribution is 5.88. The number of benzene rings is 1. The lowest BCUT2D eigenvalue weighted by atomic mass is 9.72. The molecule has 0 saturated carbocycles. The van der Waals surface area contributed by atoms with E-state index in [9.17, 15) is 9.59 Å². The molecule has 2 fully saturated rings. The monoisotopic (exact) mass is 345 g/mol. The van der Waals surface area contributed by atoms with E-state index in [0.717, 1.165) is 31.5 Å². The molecular formula is C19H27N3O3. The van der Waals surface area contributed by atoms with Crippen molar-refractivity contribution in [3.05, 3.63) is 35.9 Å². The van der Waals surface area contributed by atoms with E-state index < -0.39 is 5.41 Å². The molecule has 136 valence electrons. The highest BCUT2D eigenvalue weighted by Gasteiger charge is 2.42. The van der Waals surface area contributed by atoms with Gasteiger partial charge in [0.25, 0.3) is 0 Å². The van der Waals surface area contributed by atoms with Crippen molar-refractivity contribution in [1.29, 1.82) is 0 Å². The molecule has 2 aliphatic heterocycles. The highest BCUT2D eigenvalue weighted by atomic mass is 16.5. The molecule has 3 rings (SSSR count). The maximum atomic E-state index is 13.1. The molecule has 2 heterocycles. The fraction of sp³-hybridized carbons (Fsp3) is 0.579. The summed E-state index contributed by atoms with van der Waals surface area (Å²) in [5, 5.41) is 3.09. The van der Waals surface area contributed by atoms with E-state index in [-0.39, 0.29) is 24.5 Å². The minimum absolute atomic E-state index is 0.0151. The first-order valence-electron chi connectivity index (χ1n) is 8.89. The number of nitrogens with one attached hydrogen (secondary N) is 1. The minimum Gasteiger partial charge on any atom is -0.365 e. The molecule has 2 aliphatic rings. The van der Waals surface area contributed by atoms with Gasteiger partial charge < -0.3 is 19.9 Å². The van der Waals surface area contributed by atoms with Crippen LogP contribution in [0, 0.1) is 0 Å². The summed E-state index contributed by atoms with van der Waals surface area (Å²) in [7, 11) is 3.86. The Morgan fingerprint density at radius 2 is 1.92 bits per heavy atom. The number of nitrogens with zero attached hydrogens (tertiary/aromatic N) is 2. The summed E-state index contributed by atoms with van der Waals surface area (Å²) in [5.41, 5.74) is 0.599. The van der Waals surface area contributed by atoms with Gasteiger partial charge in [-0.2, -0.15) is 0 Å². The number of carbonyl (C=O) groups excluding carboxylic acids is 2. The fourth-order valence-electron chi connectivity index (χ4n) is 3.66. The topological polar surface area (TPSA) is 61.9 Å². The summed E-state index contributed by atoms with van der Waals surface area (Å²) in [6.07, 6.45) is 1.47. The molecule has 0 bridgehead atoms. The summed E-state index contributed by atoms with van der Waals surface area (Å²) in [4.78, 5) is 28.6. The summed E-state index contributed by atoms with van der Waals surface area (Å²) >= 11 is 0. The maximum absolute atomic E-state index is 13.1. The number of rotatable bonds is 4. The Labute approximate surface area is 149 Å². The zero-order valence-corrected chi connectivity index (χ0v) is 15.0. The third kappa shape index (κ3) is 3.85. The summed E-state index contributed by atoms with van der Waals surface area (Å²) in [6.45, 7) is 2.84. The Hall–Kier alpha value is -1.92. The van der Waals surface area contributed by atoms with Crippen molar-refractivity contribution in [3.8, 4) is 0 Å². The second-order valence-corrected chi connectivity index (χ2v) is 7.17. The Bertz CT molecular complexity index is 612. The number of carbonyl (C=O) groups is 2. The number of hydrogen-bond donors (Lipinski definition) is 1. The van der Waals surface area contributed by atoms with E-state index >= 15 is 0 Å². The minimum atomic E-state index is -0.482. The Kier molecular flexibility index (Phi) is 5.39. The molecule has 0 spiro atoms. The number of likely N-dealkylation sites (N-methyl/N-ethyl adjacent to an activating group) is 1. The van der Waals surface area contributed by atoms with Gasteiger partial charge in [0.2, 0.25) is 11.8 Å². The lowest BCUT2D eigenvalue weighted by Gasteiger charge is -2.40. The normalized spacial score (nSPS) is 24.2. The van der Waals surface area contributed by atoms with Crippen LogP contribution in [0.25, 0.3) is 0 Å². The van der Waals surface area contributed by atoms with Gasteiger partial charge in [0.1, 0.15) is 6.61 Å². The summed E-state index contributed by atoms with van der Waals surface area (Å²) < 4.78 is 5.54. The van der Waals surface area contributed by atoms with Crippen LogP contribution in [0.5, 0.6) is 0 Å². The molecule has 0 aliphatic carbocycles. The molecule has 1 aromatic rings. The van der Waals surface area contributed by atoms with Crippen LogP contribution in [0.15, 0.2) is 30.3 Å². The fourth-order valence-corrected chi connectivity index (χ4v) is 3.66. The van der Waals surface area contributed by atoms with Gasteiger partial charge in [0.05, 0.1) is 11.5 Å². The van der Waals surface area contributed by atoms with Crippen molar-refractivity contribution < 1.29 is 14.3 Å². The van der Waals surface area contributed by atoms with E-state index in [1.165, 1.54) is 0 Å². The van der Waals surface area contributed by atoms with Gasteiger partial charge in [-0.1, -0.05) is 30.3 Å². The average molecular weight is 345 g/mol. The Balaban J connectivity index is 1.69. The van der Waals surface area contributed by atoms with Crippen LogP contribution >= 0.6 is 0 Å². The number of ether oxygens (including phenoxy) is 1. The van der Waals surface area contributed by atoms with Gasteiger partial charge in [-0.15, -0.1) is 0 Å². The van der Waals surface area contributed by atoms with Gasteiger partial charge in [-0.05, 0) is 38.5 Å². The van der Waals surface area contributed by atoms with Crippen molar-refractivity contribution >= 4 is 11.8 Å². The Morgan fingerprint density at radius 3 is 2.56 bits per heavy atom. The molecule has 0 radical (unpaired) electrons. The second kappa shape index (κ2) is 7.54. The van der Waals surface area contributed by atoms with Crippen LogP contribution in [0.3, 0.4) is 0 Å². The molecule has 0 unspecified atom stereocenters. The lowest BCUT2D eigenvalue weighted by Crippen LogP contribution is -2.54. The van der Waals surface area contributed by atoms with E-state index in [4.69, 9.17) is 4.74 Å².